The molecule has 7 heteroatoms. The molecule has 0 spiro atoms. The highest BCUT2D eigenvalue weighted by molar-refractivity contribution is 5.95. The lowest BCUT2D eigenvalue weighted by molar-refractivity contribution is 0.0680. The standard InChI is InChI=1S/C22H31N5O2/c1-16-3-4-21(17(2)11-16)22(29)26-9-5-18(6-10-26)12-27-14-19(23-24-27)13-25-8-7-20(28)15-25/h3-4,11,14,18,20,28H,5-10,12-13,15H2,1-2H3/t20-/m1/s1. The third-order valence-electron chi connectivity index (χ3n) is 6.18. The minimum Gasteiger partial charge on any atom is -0.392 e. The smallest absolute Gasteiger partial charge is 0.254 e. The SMILES string of the molecule is Cc1ccc(C(=O)N2CCC(Cn3cc(CN4CC[C@@H](O)C4)nn3)CC2)c(C)c1. The van der Waals surface area contributed by atoms with Crippen LogP contribution >= 0.6 is 0 Å². The molecule has 0 aliphatic carbocycles. The van der Waals surface area contributed by atoms with Gasteiger partial charge in [0.15, 0.2) is 0 Å². The van der Waals surface area contributed by atoms with E-state index >= 15 is 0 Å². The number of aliphatic hydroxyl groups is 1. The van der Waals surface area contributed by atoms with E-state index in [0.717, 1.165) is 75.4 Å². The predicted molar refractivity (Wildman–Crippen MR) is 110 cm³/mol. The topological polar surface area (TPSA) is 74.5 Å². The molecule has 0 bridgehead atoms. The monoisotopic (exact) mass is 397 g/mol. The predicted octanol–water partition coefficient (Wildman–Crippen LogP) is 2.01. The quantitative estimate of drug-likeness (QED) is 0.835. The Labute approximate surface area is 172 Å². The lowest BCUT2D eigenvalue weighted by Gasteiger charge is -2.32. The van der Waals surface area contributed by atoms with E-state index in [2.05, 4.69) is 28.2 Å². The molecule has 4 rings (SSSR count). The number of benzene rings is 1. The summed E-state index contributed by atoms with van der Waals surface area (Å²) in [5.74, 6) is 0.665. The molecule has 1 amide bonds. The van der Waals surface area contributed by atoms with Gasteiger partial charge in [-0.1, -0.05) is 22.9 Å². The molecule has 1 atom stereocenters. The van der Waals surface area contributed by atoms with Crippen molar-refractivity contribution in [1.82, 2.24) is 24.8 Å². The number of carbonyl (C=O) groups excluding carboxylic acids is 1. The molecule has 1 aromatic carbocycles. The number of aryl methyl sites for hydroxylation is 2. The van der Waals surface area contributed by atoms with E-state index in [1.165, 1.54) is 5.56 Å². The number of hydrogen-bond donors (Lipinski definition) is 1. The third kappa shape index (κ3) is 4.85. The Balaban J connectivity index is 1.27. The number of hydrogen-bond acceptors (Lipinski definition) is 5. The van der Waals surface area contributed by atoms with Gasteiger partial charge < -0.3 is 10.0 Å². The third-order valence-corrected chi connectivity index (χ3v) is 6.18. The van der Waals surface area contributed by atoms with Gasteiger partial charge in [-0.15, -0.1) is 5.10 Å². The molecular weight excluding hydrogens is 366 g/mol. The molecule has 2 aromatic rings. The summed E-state index contributed by atoms with van der Waals surface area (Å²) < 4.78 is 1.94. The van der Waals surface area contributed by atoms with Gasteiger partial charge >= 0.3 is 0 Å². The number of carbonyl (C=O) groups is 1. The van der Waals surface area contributed by atoms with Crippen molar-refractivity contribution in [3.05, 3.63) is 46.8 Å². The van der Waals surface area contributed by atoms with Crippen LogP contribution in [0.1, 0.15) is 46.4 Å². The highest BCUT2D eigenvalue weighted by atomic mass is 16.3. The summed E-state index contributed by atoms with van der Waals surface area (Å²) in [4.78, 5) is 17.1. The van der Waals surface area contributed by atoms with Crippen molar-refractivity contribution in [3.8, 4) is 0 Å². The van der Waals surface area contributed by atoms with Gasteiger partial charge in [0.1, 0.15) is 0 Å². The van der Waals surface area contributed by atoms with Crippen LogP contribution in [0.15, 0.2) is 24.4 Å². The molecular formula is C22H31N5O2. The Bertz CT molecular complexity index is 857. The zero-order valence-electron chi connectivity index (χ0n) is 17.4. The van der Waals surface area contributed by atoms with E-state index in [9.17, 15) is 9.90 Å². The first kappa shape index (κ1) is 20.0. The number of rotatable bonds is 5. The average Bonchev–Trinajstić information content (AvgIpc) is 3.31. The fourth-order valence-electron chi connectivity index (χ4n) is 4.49. The maximum absolute atomic E-state index is 12.9. The molecule has 0 unspecified atom stereocenters. The molecule has 2 fully saturated rings. The maximum Gasteiger partial charge on any atom is 0.254 e. The number of aromatic nitrogens is 3. The molecule has 7 nitrogen and oxygen atoms in total. The van der Waals surface area contributed by atoms with Crippen molar-refractivity contribution < 1.29 is 9.90 Å². The van der Waals surface area contributed by atoms with Crippen LogP contribution in [-0.4, -0.2) is 68.1 Å². The van der Waals surface area contributed by atoms with E-state index in [1.54, 1.807) is 0 Å². The molecule has 0 saturated carbocycles. The highest BCUT2D eigenvalue weighted by Gasteiger charge is 2.25. The maximum atomic E-state index is 12.9. The van der Waals surface area contributed by atoms with Gasteiger partial charge in [-0.2, -0.15) is 0 Å². The Kier molecular flexibility index (Phi) is 5.96. The van der Waals surface area contributed by atoms with E-state index < -0.39 is 0 Å². The normalized spacial score (nSPS) is 21.1. The summed E-state index contributed by atoms with van der Waals surface area (Å²) in [5.41, 5.74) is 4.02. The first-order valence-corrected chi connectivity index (χ1v) is 10.6. The highest BCUT2D eigenvalue weighted by Crippen LogP contribution is 2.22. The summed E-state index contributed by atoms with van der Waals surface area (Å²) in [7, 11) is 0. The molecule has 0 radical (unpaired) electrons. The van der Waals surface area contributed by atoms with Crippen molar-refractivity contribution >= 4 is 5.91 Å². The molecule has 2 aliphatic rings. The fourth-order valence-corrected chi connectivity index (χ4v) is 4.49. The van der Waals surface area contributed by atoms with E-state index in [-0.39, 0.29) is 12.0 Å². The van der Waals surface area contributed by atoms with Crippen LogP contribution in [0.2, 0.25) is 0 Å². The van der Waals surface area contributed by atoms with Crippen LogP contribution in [0.5, 0.6) is 0 Å². The molecule has 3 heterocycles. The molecule has 2 aliphatic heterocycles. The zero-order chi connectivity index (χ0) is 20.4. The van der Waals surface area contributed by atoms with E-state index in [0.29, 0.717) is 5.92 Å². The first-order valence-electron chi connectivity index (χ1n) is 10.6. The average molecular weight is 398 g/mol. The van der Waals surface area contributed by atoms with Crippen LogP contribution < -0.4 is 0 Å². The lowest BCUT2D eigenvalue weighted by atomic mass is 9.95. The van der Waals surface area contributed by atoms with Gasteiger partial charge in [-0.25, -0.2) is 0 Å². The summed E-state index contributed by atoms with van der Waals surface area (Å²) in [6, 6.07) is 6.04. The van der Waals surface area contributed by atoms with Gasteiger partial charge in [0.25, 0.3) is 5.91 Å². The number of nitrogens with zero attached hydrogens (tertiary/aromatic N) is 5. The number of aliphatic hydroxyl groups excluding tert-OH is 1. The Hall–Kier alpha value is -2.25. The summed E-state index contributed by atoms with van der Waals surface area (Å²) in [5, 5.41) is 18.2. The van der Waals surface area contributed by atoms with E-state index in [4.69, 9.17) is 0 Å². The van der Waals surface area contributed by atoms with Crippen molar-refractivity contribution in [2.24, 2.45) is 5.92 Å². The second-order valence-electron chi connectivity index (χ2n) is 8.66. The number of piperidine rings is 1. The van der Waals surface area contributed by atoms with Crippen molar-refractivity contribution in [1.29, 1.82) is 0 Å². The Morgan fingerprint density at radius 3 is 2.66 bits per heavy atom. The minimum atomic E-state index is -0.207. The van der Waals surface area contributed by atoms with Crippen molar-refractivity contribution in [2.45, 2.75) is 52.3 Å². The molecule has 156 valence electrons. The first-order chi connectivity index (χ1) is 14.0. The van der Waals surface area contributed by atoms with Crippen LogP contribution in [0.4, 0.5) is 0 Å². The fraction of sp³-hybridized carbons (Fsp3) is 0.591. The number of β-amino-alcohol motifs (C(OH)–C–C–N with tert-alkyl or cyclic N) is 1. The number of likely N-dealkylation sites (tertiary alicyclic amines) is 2. The summed E-state index contributed by atoms with van der Waals surface area (Å²) in [6.45, 7) is 8.89. The zero-order valence-corrected chi connectivity index (χ0v) is 17.4. The van der Waals surface area contributed by atoms with Gasteiger partial charge in [0.05, 0.1) is 11.8 Å². The van der Waals surface area contributed by atoms with Gasteiger partial charge in [-0.05, 0) is 50.7 Å². The second-order valence-corrected chi connectivity index (χ2v) is 8.66. The second kappa shape index (κ2) is 8.63. The van der Waals surface area contributed by atoms with Crippen LogP contribution in [0.3, 0.4) is 0 Å². The number of amides is 1. The minimum absolute atomic E-state index is 0.150. The molecule has 1 aromatic heterocycles. The van der Waals surface area contributed by atoms with Crippen molar-refractivity contribution in [2.75, 3.05) is 26.2 Å². The Morgan fingerprint density at radius 2 is 1.97 bits per heavy atom. The molecule has 29 heavy (non-hydrogen) atoms. The van der Waals surface area contributed by atoms with Gasteiger partial charge in [0, 0.05) is 51.0 Å². The Morgan fingerprint density at radius 1 is 1.17 bits per heavy atom. The van der Waals surface area contributed by atoms with E-state index in [1.807, 2.05) is 34.8 Å². The van der Waals surface area contributed by atoms with Crippen LogP contribution in [-0.2, 0) is 13.1 Å². The molecule has 1 N–H and O–H groups in total. The van der Waals surface area contributed by atoms with Crippen LogP contribution in [0, 0.1) is 19.8 Å². The summed E-state index contributed by atoms with van der Waals surface area (Å²) in [6.07, 6.45) is 4.64. The van der Waals surface area contributed by atoms with Gasteiger partial charge in [0.2, 0.25) is 0 Å². The molecule has 2 saturated heterocycles. The van der Waals surface area contributed by atoms with Crippen molar-refractivity contribution in [3.63, 3.8) is 0 Å². The largest absolute Gasteiger partial charge is 0.392 e. The lowest BCUT2D eigenvalue weighted by Crippen LogP contribution is -2.39. The summed E-state index contributed by atoms with van der Waals surface area (Å²) >= 11 is 0. The van der Waals surface area contributed by atoms with Crippen LogP contribution in [0.25, 0.3) is 0 Å². The van der Waals surface area contributed by atoms with Gasteiger partial charge in [-0.3, -0.25) is 14.4 Å².